The van der Waals surface area contributed by atoms with Crippen LogP contribution in [0.25, 0.3) is 0 Å². The Balaban J connectivity index is 1.96. The zero-order valence-corrected chi connectivity index (χ0v) is 8.76. The van der Waals surface area contributed by atoms with Gasteiger partial charge < -0.3 is 10.2 Å². The van der Waals surface area contributed by atoms with E-state index in [9.17, 15) is 0 Å². The highest BCUT2D eigenvalue weighted by atomic mass is 15.1. The fraction of sp³-hybridized carbons (Fsp3) is 0.818. The monoisotopic (exact) mass is 182 g/mol. The van der Waals surface area contributed by atoms with Crippen LogP contribution in [0.15, 0.2) is 12.7 Å². The van der Waals surface area contributed by atoms with Gasteiger partial charge >= 0.3 is 0 Å². The second-order valence-electron chi connectivity index (χ2n) is 3.99. The Morgan fingerprint density at radius 2 is 2.15 bits per heavy atom. The minimum Gasteiger partial charge on any atom is -0.313 e. The Morgan fingerprint density at radius 1 is 1.46 bits per heavy atom. The second kappa shape index (κ2) is 6.17. The van der Waals surface area contributed by atoms with E-state index in [-0.39, 0.29) is 0 Å². The van der Waals surface area contributed by atoms with Gasteiger partial charge in [0.25, 0.3) is 0 Å². The normalized spacial score (nSPS) is 18.3. The summed E-state index contributed by atoms with van der Waals surface area (Å²) in [6.07, 6.45) is 7.55. The topological polar surface area (TPSA) is 15.3 Å². The van der Waals surface area contributed by atoms with Crippen LogP contribution in [0, 0.1) is 0 Å². The highest BCUT2D eigenvalue weighted by Crippen LogP contribution is 2.17. The van der Waals surface area contributed by atoms with Crippen molar-refractivity contribution in [3.8, 4) is 0 Å². The molecule has 0 amide bonds. The molecule has 0 atom stereocenters. The van der Waals surface area contributed by atoms with Crippen molar-refractivity contribution in [2.75, 3.05) is 26.7 Å². The van der Waals surface area contributed by atoms with Gasteiger partial charge in [0.05, 0.1) is 0 Å². The van der Waals surface area contributed by atoms with Crippen LogP contribution in [0.4, 0.5) is 0 Å². The Hall–Kier alpha value is -0.340. The zero-order valence-electron chi connectivity index (χ0n) is 8.76. The Morgan fingerprint density at radius 3 is 2.77 bits per heavy atom. The molecule has 0 aromatic rings. The SMILES string of the molecule is C=CCN(C)CCNC1CCCC1. The van der Waals surface area contributed by atoms with Crippen molar-refractivity contribution in [3.63, 3.8) is 0 Å². The van der Waals surface area contributed by atoms with Gasteiger partial charge in [-0.25, -0.2) is 0 Å². The average molecular weight is 182 g/mol. The fourth-order valence-electron chi connectivity index (χ4n) is 1.90. The Labute approximate surface area is 82.0 Å². The molecule has 1 aliphatic rings. The maximum atomic E-state index is 3.72. The summed E-state index contributed by atoms with van der Waals surface area (Å²) in [5.74, 6) is 0. The second-order valence-corrected chi connectivity index (χ2v) is 3.99. The first kappa shape index (κ1) is 10.7. The maximum absolute atomic E-state index is 3.72. The first-order valence-corrected chi connectivity index (χ1v) is 5.35. The number of likely N-dealkylation sites (N-methyl/N-ethyl adjacent to an activating group) is 1. The van der Waals surface area contributed by atoms with Gasteiger partial charge in [-0.1, -0.05) is 18.9 Å². The van der Waals surface area contributed by atoms with Crippen LogP contribution >= 0.6 is 0 Å². The molecule has 2 heteroatoms. The van der Waals surface area contributed by atoms with Crippen LogP contribution in [0.3, 0.4) is 0 Å². The highest BCUT2D eigenvalue weighted by Gasteiger charge is 2.13. The van der Waals surface area contributed by atoms with Gasteiger partial charge in [0.2, 0.25) is 0 Å². The van der Waals surface area contributed by atoms with E-state index in [0.29, 0.717) is 0 Å². The molecule has 0 aliphatic heterocycles. The molecule has 2 nitrogen and oxygen atoms in total. The van der Waals surface area contributed by atoms with Crippen molar-refractivity contribution in [2.45, 2.75) is 31.7 Å². The molecule has 0 aromatic heterocycles. The molecule has 0 saturated heterocycles. The summed E-state index contributed by atoms with van der Waals surface area (Å²) < 4.78 is 0. The van der Waals surface area contributed by atoms with E-state index < -0.39 is 0 Å². The molecule has 1 fully saturated rings. The summed E-state index contributed by atoms with van der Waals surface area (Å²) in [4.78, 5) is 2.29. The number of nitrogens with zero attached hydrogens (tertiary/aromatic N) is 1. The predicted octanol–water partition coefficient (Wildman–Crippen LogP) is 1.64. The van der Waals surface area contributed by atoms with E-state index in [1.54, 1.807) is 0 Å². The lowest BCUT2D eigenvalue weighted by Gasteiger charge is -2.17. The Kier molecular flexibility index (Phi) is 5.09. The average Bonchev–Trinajstić information content (AvgIpc) is 2.57. The van der Waals surface area contributed by atoms with E-state index >= 15 is 0 Å². The Bertz CT molecular complexity index is 139. The van der Waals surface area contributed by atoms with Crippen molar-refractivity contribution in [2.24, 2.45) is 0 Å². The molecule has 0 radical (unpaired) electrons. The molecular weight excluding hydrogens is 160 g/mol. The predicted molar refractivity (Wildman–Crippen MR) is 58.0 cm³/mol. The lowest BCUT2D eigenvalue weighted by molar-refractivity contribution is 0.354. The summed E-state index contributed by atoms with van der Waals surface area (Å²) in [5.41, 5.74) is 0. The van der Waals surface area contributed by atoms with Crippen LogP contribution < -0.4 is 5.32 Å². The minimum absolute atomic E-state index is 0.803. The van der Waals surface area contributed by atoms with Crippen molar-refractivity contribution < 1.29 is 0 Å². The quantitative estimate of drug-likeness (QED) is 0.628. The zero-order chi connectivity index (χ0) is 9.52. The van der Waals surface area contributed by atoms with Crippen molar-refractivity contribution in [1.29, 1.82) is 0 Å². The number of nitrogens with one attached hydrogen (secondary N) is 1. The minimum atomic E-state index is 0.803. The third-order valence-electron chi connectivity index (χ3n) is 2.72. The molecule has 0 aromatic carbocycles. The molecule has 0 bridgehead atoms. The van der Waals surface area contributed by atoms with E-state index in [0.717, 1.165) is 25.7 Å². The smallest absolute Gasteiger partial charge is 0.0158 e. The largest absolute Gasteiger partial charge is 0.313 e. The van der Waals surface area contributed by atoms with Crippen LogP contribution in [0.2, 0.25) is 0 Å². The number of rotatable bonds is 6. The number of hydrogen-bond donors (Lipinski definition) is 1. The summed E-state index contributed by atoms with van der Waals surface area (Å²) >= 11 is 0. The lowest BCUT2D eigenvalue weighted by atomic mass is 10.2. The molecule has 1 saturated carbocycles. The van der Waals surface area contributed by atoms with E-state index in [2.05, 4.69) is 23.8 Å². The molecule has 0 unspecified atom stereocenters. The van der Waals surface area contributed by atoms with Gasteiger partial charge in [-0.2, -0.15) is 0 Å². The summed E-state index contributed by atoms with van der Waals surface area (Å²) in [6, 6.07) is 0.803. The highest BCUT2D eigenvalue weighted by molar-refractivity contribution is 4.75. The van der Waals surface area contributed by atoms with Gasteiger partial charge in [0.15, 0.2) is 0 Å². The van der Waals surface area contributed by atoms with Gasteiger partial charge in [-0.15, -0.1) is 6.58 Å². The van der Waals surface area contributed by atoms with Gasteiger partial charge in [0, 0.05) is 25.7 Å². The molecule has 0 spiro atoms. The maximum Gasteiger partial charge on any atom is 0.0158 e. The first-order valence-electron chi connectivity index (χ1n) is 5.35. The summed E-state index contributed by atoms with van der Waals surface area (Å²) in [7, 11) is 2.14. The van der Waals surface area contributed by atoms with Gasteiger partial charge in [-0.05, 0) is 19.9 Å². The van der Waals surface area contributed by atoms with Crippen LogP contribution in [0.5, 0.6) is 0 Å². The van der Waals surface area contributed by atoms with E-state index in [4.69, 9.17) is 0 Å². The molecular formula is C11H22N2. The van der Waals surface area contributed by atoms with E-state index in [1.807, 2.05) is 6.08 Å². The summed E-state index contributed by atoms with van der Waals surface area (Å²) in [5, 5.41) is 3.59. The van der Waals surface area contributed by atoms with Gasteiger partial charge in [0.1, 0.15) is 0 Å². The standard InChI is InChI=1S/C11H22N2/c1-3-9-13(2)10-8-12-11-6-4-5-7-11/h3,11-12H,1,4-10H2,2H3. The molecule has 1 N–H and O–H groups in total. The number of hydrogen-bond acceptors (Lipinski definition) is 2. The molecule has 13 heavy (non-hydrogen) atoms. The van der Waals surface area contributed by atoms with Crippen molar-refractivity contribution in [3.05, 3.63) is 12.7 Å². The van der Waals surface area contributed by atoms with Crippen LogP contribution in [0.1, 0.15) is 25.7 Å². The molecule has 1 rings (SSSR count). The van der Waals surface area contributed by atoms with Gasteiger partial charge in [-0.3, -0.25) is 0 Å². The van der Waals surface area contributed by atoms with Crippen molar-refractivity contribution in [1.82, 2.24) is 10.2 Å². The lowest BCUT2D eigenvalue weighted by Crippen LogP contribution is -2.34. The van der Waals surface area contributed by atoms with Crippen LogP contribution in [-0.2, 0) is 0 Å². The third kappa shape index (κ3) is 4.44. The van der Waals surface area contributed by atoms with Crippen LogP contribution in [-0.4, -0.2) is 37.6 Å². The summed E-state index contributed by atoms with van der Waals surface area (Å²) in [6.45, 7) is 6.96. The third-order valence-corrected chi connectivity index (χ3v) is 2.72. The molecule has 76 valence electrons. The van der Waals surface area contributed by atoms with E-state index in [1.165, 1.54) is 25.7 Å². The van der Waals surface area contributed by atoms with Crippen molar-refractivity contribution >= 4 is 0 Å². The molecule has 1 aliphatic carbocycles. The fourth-order valence-corrected chi connectivity index (χ4v) is 1.90. The molecule has 0 heterocycles. The first-order chi connectivity index (χ1) is 6.33.